The lowest BCUT2D eigenvalue weighted by Crippen LogP contribution is -2.49. The zero-order valence-electron chi connectivity index (χ0n) is 15.1. The molecule has 1 atom stereocenters. The van der Waals surface area contributed by atoms with E-state index < -0.39 is 10.0 Å². The van der Waals surface area contributed by atoms with Crippen molar-refractivity contribution in [2.45, 2.75) is 43.5 Å². The van der Waals surface area contributed by atoms with Crippen LogP contribution in [0.15, 0.2) is 29.2 Å². The SMILES string of the molecule is Cc1ccc(S(=O)(=O)N2CCC(NC(=O)C3CCCNC3)CC2)cc1.Cl. The Morgan fingerprint density at radius 1 is 1.15 bits per heavy atom. The molecule has 2 saturated heterocycles. The van der Waals surface area contributed by atoms with Gasteiger partial charge in [-0.05, 0) is 51.3 Å². The Kier molecular flexibility index (Phi) is 7.46. The van der Waals surface area contributed by atoms with Gasteiger partial charge in [-0.3, -0.25) is 4.79 Å². The third-order valence-corrected chi connectivity index (χ3v) is 7.04. The van der Waals surface area contributed by atoms with Crippen LogP contribution in [0.4, 0.5) is 0 Å². The molecule has 146 valence electrons. The summed E-state index contributed by atoms with van der Waals surface area (Å²) in [5, 5.41) is 6.36. The van der Waals surface area contributed by atoms with E-state index >= 15 is 0 Å². The van der Waals surface area contributed by atoms with Gasteiger partial charge in [0.25, 0.3) is 0 Å². The summed E-state index contributed by atoms with van der Waals surface area (Å²) in [5.74, 6) is 0.148. The van der Waals surface area contributed by atoms with Gasteiger partial charge in [-0.1, -0.05) is 17.7 Å². The van der Waals surface area contributed by atoms with Crippen LogP contribution in [0.3, 0.4) is 0 Å². The Labute approximate surface area is 162 Å². The van der Waals surface area contributed by atoms with Crippen molar-refractivity contribution in [3.8, 4) is 0 Å². The average Bonchev–Trinajstić information content (AvgIpc) is 2.63. The summed E-state index contributed by atoms with van der Waals surface area (Å²) in [7, 11) is -3.44. The first-order valence-electron chi connectivity index (χ1n) is 9.05. The number of sulfonamides is 1. The van der Waals surface area contributed by atoms with Crippen LogP contribution < -0.4 is 10.6 Å². The quantitative estimate of drug-likeness (QED) is 0.804. The van der Waals surface area contributed by atoms with Crippen LogP contribution in [0.1, 0.15) is 31.2 Å². The Morgan fingerprint density at radius 3 is 2.38 bits per heavy atom. The normalized spacial score (nSPS) is 22.4. The number of piperidine rings is 2. The van der Waals surface area contributed by atoms with Gasteiger partial charge >= 0.3 is 0 Å². The fourth-order valence-corrected chi connectivity index (χ4v) is 4.96. The van der Waals surface area contributed by atoms with Gasteiger partial charge in [0.1, 0.15) is 0 Å². The first-order chi connectivity index (χ1) is 12.0. The van der Waals surface area contributed by atoms with Gasteiger partial charge in [0.15, 0.2) is 0 Å². The highest BCUT2D eigenvalue weighted by Gasteiger charge is 2.31. The fraction of sp³-hybridized carbons (Fsp3) is 0.611. The second-order valence-corrected chi connectivity index (χ2v) is 8.98. The van der Waals surface area contributed by atoms with Crippen LogP contribution in [0, 0.1) is 12.8 Å². The van der Waals surface area contributed by atoms with Crippen molar-refractivity contribution in [2.24, 2.45) is 5.92 Å². The molecule has 3 rings (SSSR count). The number of nitrogens with one attached hydrogen (secondary N) is 2. The molecule has 1 amide bonds. The number of amides is 1. The first kappa shape index (κ1) is 21.2. The zero-order valence-corrected chi connectivity index (χ0v) is 16.7. The minimum Gasteiger partial charge on any atom is -0.353 e. The van der Waals surface area contributed by atoms with E-state index in [0.717, 1.165) is 31.5 Å². The number of rotatable bonds is 4. The summed E-state index contributed by atoms with van der Waals surface area (Å²) in [6, 6.07) is 7.03. The third-order valence-electron chi connectivity index (χ3n) is 5.13. The number of hydrogen-bond donors (Lipinski definition) is 2. The average molecular weight is 402 g/mol. The van der Waals surface area contributed by atoms with Crippen LogP contribution >= 0.6 is 12.4 Å². The molecule has 2 N–H and O–H groups in total. The van der Waals surface area contributed by atoms with E-state index in [-0.39, 0.29) is 30.3 Å². The predicted octanol–water partition coefficient (Wildman–Crippen LogP) is 1.69. The van der Waals surface area contributed by atoms with Gasteiger partial charge in [0.2, 0.25) is 15.9 Å². The van der Waals surface area contributed by atoms with Gasteiger partial charge in [0, 0.05) is 25.7 Å². The largest absolute Gasteiger partial charge is 0.353 e. The second kappa shape index (κ2) is 9.17. The summed E-state index contributed by atoms with van der Waals surface area (Å²) < 4.78 is 26.9. The third kappa shape index (κ3) is 4.97. The maximum absolute atomic E-state index is 12.7. The molecule has 0 bridgehead atoms. The lowest BCUT2D eigenvalue weighted by molar-refractivity contribution is -0.126. The molecule has 0 spiro atoms. The van der Waals surface area contributed by atoms with Crippen LogP contribution in [0.2, 0.25) is 0 Å². The van der Waals surface area contributed by atoms with E-state index in [9.17, 15) is 13.2 Å². The number of carbonyl (C=O) groups excluding carboxylic acids is 1. The topological polar surface area (TPSA) is 78.5 Å². The molecule has 0 radical (unpaired) electrons. The Hall–Kier alpha value is -1.15. The van der Waals surface area contributed by atoms with Crippen LogP contribution in [0.25, 0.3) is 0 Å². The van der Waals surface area contributed by atoms with Crippen molar-refractivity contribution in [3.05, 3.63) is 29.8 Å². The summed E-state index contributed by atoms with van der Waals surface area (Å²) in [5.41, 5.74) is 1.04. The Bertz CT molecular complexity index is 695. The molecule has 1 aromatic rings. The van der Waals surface area contributed by atoms with Crippen molar-refractivity contribution in [3.63, 3.8) is 0 Å². The summed E-state index contributed by atoms with van der Waals surface area (Å²) in [4.78, 5) is 12.7. The Morgan fingerprint density at radius 2 is 1.81 bits per heavy atom. The highest BCUT2D eigenvalue weighted by atomic mass is 35.5. The number of aryl methyl sites for hydroxylation is 1. The molecule has 0 saturated carbocycles. The highest BCUT2D eigenvalue weighted by Crippen LogP contribution is 2.21. The molecule has 6 nitrogen and oxygen atoms in total. The van der Waals surface area contributed by atoms with Gasteiger partial charge in [-0.25, -0.2) is 8.42 Å². The maximum atomic E-state index is 12.7. The van der Waals surface area contributed by atoms with E-state index in [1.165, 1.54) is 4.31 Å². The number of benzene rings is 1. The van der Waals surface area contributed by atoms with E-state index in [4.69, 9.17) is 0 Å². The van der Waals surface area contributed by atoms with Crippen molar-refractivity contribution < 1.29 is 13.2 Å². The highest BCUT2D eigenvalue weighted by molar-refractivity contribution is 7.89. The minimum atomic E-state index is -3.44. The van der Waals surface area contributed by atoms with Gasteiger partial charge < -0.3 is 10.6 Å². The lowest BCUT2D eigenvalue weighted by atomic mass is 9.97. The lowest BCUT2D eigenvalue weighted by Gasteiger charge is -2.33. The molecule has 0 aliphatic carbocycles. The summed E-state index contributed by atoms with van der Waals surface area (Å²) in [6.45, 7) is 4.56. The molecule has 8 heteroatoms. The number of nitrogens with zero attached hydrogens (tertiary/aromatic N) is 1. The standard InChI is InChI=1S/C18H27N3O3S.ClH/c1-14-4-6-17(7-5-14)25(23,24)21-11-8-16(9-12-21)20-18(22)15-3-2-10-19-13-15;/h4-7,15-16,19H,2-3,8-13H2,1H3,(H,20,22);1H. The number of hydrogen-bond acceptors (Lipinski definition) is 4. The monoisotopic (exact) mass is 401 g/mol. The summed E-state index contributed by atoms with van der Waals surface area (Å²) in [6.07, 6.45) is 3.29. The van der Waals surface area contributed by atoms with E-state index in [2.05, 4.69) is 10.6 Å². The van der Waals surface area contributed by atoms with Crippen molar-refractivity contribution >= 4 is 28.3 Å². The second-order valence-electron chi connectivity index (χ2n) is 7.04. The number of halogens is 1. The maximum Gasteiger partial charge on any atom is 0.243 e. The van der Waals surface area contributed by atoms with E-state index in [1.54, 1.807) is 12.1 Å². The molecule has 2 aliphatic rings. The molecule has 1 aromatic carbocycles. The van der Waals surface area contributed by atoms with E-state index in [1.807, 2.05) is 19.1 Å². The smallest absolute Gasteiger partial charge is 0.243 e. The van der Waals surface area contributed by atoms with Gasteiger partial charge in [0.05, 0.1) is 10.8 Å². The fourth-order valence-electron chi connectivity index (χ4n) is 3.49. The molecule has 2 heterocycles. The summed E-state index contributed by atoms with van der Waals surface area (Å²) >= 11 is 0. The van der Waals surface area contributed by atoms with Crippen molar-refractivity contribution in [2.75, 3.05) is 26.2 Å². The van der Waals surface area contributed by atoms with Gasteiger partial charge in [-0.15, -0.1) is 12.4 Å². The molecule has 2 aliphatic heterocycles. The van der Waals surface area contributed by atoms with Crippen molar-refractivity contribution in [1.29, 1.82) is 0 Å². The number of carbonyl (C=O) groups is 1. The van der Waals surface area contributed by atoms with E-state index in [0.29, 0.717) is 30.8 Å². The predicted molar refractivity (Wildman–Crippen MR) is 104 cm³/mol. The molecule has 1 unspecified atom stereocenters. The van der Waals surface area contributed by atoms with Crippen LogP contribution in [-0.4, -0.2) is 50.9 Å². The molecule has 26 heavy (non-hydrogen) atoms. The van der Waals surface area contributed by atoms with Crippen LogP contribution in [-0.2, 0) is 14.8 Å². The Balaban J connectivity index is 0.00000243. The molecular weight excluding hydrogens is 374 g/mol. The first-order valence-corrected chi connectivity index (χ1v) is 10.5. The molecule has 2 fully saturated rings. The zero-order chi connectivity index (χ0) is 17.9. The molecule has 0 aromatic heterocycles. The van der Waals surface area contributed by atoms with Crippen molar-refractivity contribution in [1.82, 2.24) is 14.9 Å². The van der Waals surface area contributed by atoms with Crippen LogP contribution in [0.5, 0.6) is 0 Å². The molecular formula is C18H28ClN3O3S. The van der Waals surface area contributed by atoms with Gasteiger partial charge in [-0.2, -0.15) is 4.31 Å². The minimum absolute atomic E-state index is 0.